The van der Waals surface area contributed by atoms with Gasteiger partial charge in [0.05, 0.1) is 0 Å². The van der Waals surface area contributed by atoms with E-state index in [1.54, 1.807) is 30.3 Å². The summed E-state index contributed by atoms with van der Waals surface area (Å²) >= 11 is 0. The number of aliphatic hydroxyl groups is 1. The highest BCUT2D eigenvalue weighted by Crippen LogP contribution is 2.21. The Labute approximate surface area is 113 Å². The van der Waals surface area contributed by atoms with Crippen LogP contribution in [0.1, 0.15) is 22.2 Å². The molecule has 1 aromatic carbocycles. The SMILES string of the molecule is CC(C)(C)/C(O)=C/C(N)=N\C(=O)Oc1ccccc1.[HH]. The number of rotatable bonds is 2. The molecule has 1 amide bonds. The van der Waals surface area contributed by atoms with Gasteiger partial charge < -0.3 is 15.6 Å². The molecule has 0 saturated heterocycles. The molecule has 0 aromatic heterocycles. The predicted octanol–water partition coefficient (Wildman–Crippen LogP) is 3.28. The van der Waals surface area contributed by atoms with Gasteiger partial charge in [0.15, 0.2) is 0 Å². The van der Waals surface area contributed by atoms with Gasteiger partial charge in [-0.25, -0.2) is 4.79 Å². The molecular formula is C14H20N2O3. The van der Waals surface area contributed by atoms with Gasteiger partial charge in [0.2, 0.25) is 0 Å². The second-order valence-electron chi connectivity index (χ2n) is 5.00. The monoisotopic (exact) mass is 264 g/mol. The Morgan fingerprint density at radius 3 is 2.47 bits per heavy atom. The third kappa shape index (κ3) is 5.25. The Balaban J connectivity index is 0.00000361. The maximum Gasteiger partial charge on any atom is 0.441 e. The number of carbonyl (C=O) groups is 1. The van der Waals surface area contributed by atoms with Crippen LogP contribution in [0.3, 0.4) is 0 Å². The first-order valence-electron chi connectivity index (χ1n) is 5.81. The Morgan fingerprint density at radius 2 is 1.95 bits per heavy atom. The molecule has 1 aromatic rings. The molecule has 0 atom stereocenters. The van der Waals surface area contributed by atoms with E-state index in [9.17, 15) is 9.90 Å². The fraction of sp³-hybridized carbons (Fsp3) is 0.286. The summed E-state index contributed by atoms with van der Waals surface area (Å²) in [4.78, 5) is 15.0. The quantitative estimate of drug-likeness (QED) is 0.487. The van der Waals surface area contributed by atoms with Gasteiger partial charge in [-0.3, -0.25) is 0 Å². The second kappa shape index (κ2) is 6.04. The normalized spacial score (nSPS) is 13.2. The number of nitrogens with zero attached hydrogens (tertiary/aromatic N) is 1. The van der Waals surface area contributed by atoms with Crippen molar-refractivity contribution >= 4 is 11.9 Å². The number of aliphatic hydroxyl groups excluding tert-OH is 1. The molecule has 19 heavy (non-hydrogen) atoms. The molecule has 0 spiro atoms. The van der Waals surface area contributed by atoms with Crippen molar-refractivity contribution in [1.29, 1.82) is 0 Å². The van der Waals surface area contributed by atoms with E-state index in [0.717, 1.165) is 0 Å². The summed E-state index contributed by atoms with van der Waals surface area (Å²) in [6.07, 6.45) is 0.411. The van der Waals surface area contributed by atoms with Crippen LogP contribution in [0, 0.1) is 5.41 Å². The van der Waals surface area contributed by atoms with E-state index in [-0.39, 0.29) is 13.0 Å². The zero-order valence-corrected chi connectivity index (χ0v) is 11.3. The summed E-state index contributed by atoms with van der Waals surface area (Å²) in [5.41, 5.74) is 5.08. The molecule has 0 aliphatic carbocycles. The number of ether oxygens (including phenoxy) is 1. The highest BCUT2D eigenvalue weighted by molar-refractivity contribution is 5.98. The van der Waals surface area contributed by atoms with Crippen LogP contribution in [0.4, 0.5) is 4.79 Å². The van der Waals surface area contributed by atoms with E-state index in [1.165, 1.54) is 6.08 Å². The number of hydrogen-bond donors (Lipinski definition) is 2. The van der Waals surface area contributed by atoms with Gasteiger partial charge in [-0.1, -0.05) is 39.0 Å². The lowest BCUT2D eigenvalue weighted by Gasteiger charge is -2.16. The number of nitrogens with two attached hydrogens (primary N) is 1. The number of para-hydroxylation sites is 1. The fourth-order valence-electron chi connectivity index (χ4n) is 1.11. The molecule has 5 heteroatoms. The van der Waals surface area contributed by atoms with Crippen LogP contribution < -0.4 is 10.5 Å². The number of benzene rings is 1. The predicted molar refractivity (Wildman–Crippen MR) is 76.4 cm³/mol. The Kier molecular flexibility index (Phi) is 4.69. The van der Waals surface area contributed by atoms with Crippen LogP contribution in [-0.4, -0.2) is 17.0 Å². The third-order valence-electron chi connectivity index (χ3n) is 2.22. The van der Waals surface area contributed by atoms with Gasteiger partial charge >= 0.3 is 6.09 Å². The molecule has 5 nitrogen and oxygen atoms in total. The van der Waals surface area contributed by atoms with Crippen LogP contribution in [0.5, 0.6) is 5.75 Å². The van der Waals surface area contributed by atoms with Crippen molar-refractivity contribution in [2.45, 2.75) is 20.8 Å². The van der Waals surface area contributed by atoms with Crippen LogP contribution in [0.2, 0.25) is 0 Å². The highest BCUT2D eigenvalue weighted by Gasteiger charge is 2.16. The Morgan fingerprint density at radius 1 is 1.37 bits per heavy atom. The van der Waals surface area contributed by atoms with Gasteiger partial charge in [0.1, 0.15) is 17.3 Å². The first-order chi connectivity index (χ1) is 8.79. The van der Waals surface area contributed by atoms with Crippen molar-refractivity contribution in [1.82, 2.24) is 0 Å². The molecular weight excluding hydrogens is 244 g/mol. The number of hydrogen-bond acceptors (Lipinski definition) is 3. The lowest BCUT2D eigenvalue weighted by Crippen LogP contribution is -2.17. The minimum Gasteiger partial charge on any atom is -0.512 e. The Hall–Kier alpha value is -2.30. The van der Waals surface area contributed by atoms with E-state index in [1.807, 2.05) is 20.8 Å². The van der Waals surface area contributed by atoms with Crippen molar-refractivity contribution in [3.8, 4) is 5.75 Å². The van der Waals surface area contributed by atoms with Crippen molar-refractivity contribution < 1.29 is 16.1 Å². The number of aliphatic imine (C=N–C) groups is 1. The second-order valence-corrected chi connectivity index (χ2v) is 5.00. The van der Waals surface area contributed by atoms with E-state index < -0.39 is 11.5 Å². The van der Waals surface area contributed by atoms with Crippen molar-refractivity contribution in [3.05, 3.63) is 42.2 Å². The van der Waals surface area contributed by atoms with E-state index in [4.69, 9.17) is 10.5 Å². The van der Waals surface area contributed by atoms with Crippen molar-refractivity contribution in [3.63, 3.8) is 0 Å². The van der Waals surface area contributed by atoms with E-state index in [0.29, 0.717) is 5.75 Å². The Bertz CT molecular complexity index is 505. The molecule has 0 unspecified atom stereocenters. The molecule has 0 fully saturated rings. The highest BCUT2D eigenvalue weighted by atomic mass is 16.5. The van der Waals surface area contributed by atoms with Gasteiger partial charge in [0, 0.05) is 12.9 Å². The summed E-state index contributed by atoms with van der Waals surface area (Å²) in [5.74, 6) is 0.322. The first-order valence-corrected chi connectivity index (χ1v) is 5.81. The zero-order chi connectivity index (χ0) is 14.5. The maximum absolute atomic E-state index is 11.5. The average molecular weight is 264 g/mol. The zero-order valence-electron chi connectivity index (χ0n) is 11.3. The summed E-state index contributed by atoms with van der Waals surface area (Å²) in [6, 6.07) is 8.54. The maximum atomic E-state index is 11.5. The molecule has 1 rings (SSSR count). The summed E-state index contributed by atoms with van der Waals surface area (Å²) in [5, 5.41) is 9.71. The fourth-order valence-corrected chi connectivity index (χ4v) is 1.11. The lowest BCUT2D eigenvalue weighted by atomic mass is 9.93. The van der Waals surface area contributed by atoms with Gasteiger partial charge in [-0.15, -0.1) is 0 Å². The molecule has 0 heterocycles. The summed E-state index contributed by atoms with van der Waals surface area (Å²) < 4.78 is 4.93. The molecule has 104 valence electrons. The first kappa shape index (κ1) is 14.8. The minimum absolute atomic E-state index is 0. The summed E-state index contributed by atoms with van der Waals surface area (Å²) in [7, 11) is 0. The van der Waals surface area contributed by atoms with Gasteiger partial charge in [0.25, 0.3) is 0 Å². The largest absolute Gasteiger partial charge is 0.512 e. The third-order valence-corrected chi connectivity index (χ3v) is 2.22. The van der Waals surface area contributed by atoms with Gasteiger partial charge in [-0.2, -0.15) is 4.99 Å². The van der Waals surface area contributed by atoms with E-state index >= 15 is 0 Å². The number of allylic oxidation sites excluding steroid dienone is 1. The van der Waals surface area contributed by atoms with Crippen molar-refractivity contribution in [2.24, 2.45) is 16.1 Å². The number of amidine groups is 1. The van der Waals surface area contributed by atoms with Crippen LogP contribution in [0.15, 0.2) is 47.2 Å². The molecule has 0 bridgehead atoms. The van der Waals surface area contributed by atoms with Crippen LogP contribution in [0.25, 0.3) is 0 Å². The molecule has 0 radical (unpaired) electrons. The topological polar surface area (TPSA) is 84.9 Å². The van der Waals surface area contributed by atoms with Gasteiger partial charge in [-0.05, 0) is 12.1 Å². The van der Waals surface area contributed by atoms with Crippen molar-refractivity contribution in [2.75, 3.05) is 0 Å². The lowest BCUT2D eigenvalue weighted by molar-refractivity contribution is 0.211. The molecule has 0 saturated carbocycles. The molecule has 0 aliphatic rings. The molecule has 0 aliphatic heterocycles. The van der Waals surface area contributed by atoms with Crippen LogP contribution in [-0.2, 0) is 0 Å². The standard InChI is InChI=1S/C14H18N2O3.H2/c1-14(2,3)11(17)9-12(15)16-13(18)19-10-7-5-4-6-8-10;/h4-9,17H,1-3H3,(H2,15,16,18);1H/b11-9-;. The number of carbonyl (C=O) groups excluding carboxylic acids is 1. The average Bonchev–Trinajstić information content (AvgIpc) is 2.28. The summed E-state index contributed by atoms with van der Waals surface area (Å²) in [6.45, 7) is 5.44. The van der Waals surface area contributed by atoms with Crippen LogP contribution >= 0.6 is 0 Å². The molecule has 3 N–H and O–H groups in total. The smallest absolute Gasteiger partial charge is 0.441 e. The minimum atomic E-state index is -0.832. The van der Waals surface area contributed by atoms with E-state index in [2.05, 4.69) is 4.99 Å². The number of amides is 1.